The lowest BCUT2D eigenvalue weighted by molar-refractivity contribution is -0.277. The molecule has 0 bridgehead atoms. The summed E-state index contributed by atoms with van der Waals surface area (Å²) in [4.78, 5) is 12.7. The van der Waals surface area contributed by atoms with Gasteiger partial charge < -0.3 is 54.0 Å². The van der Waals surface area contributed by atoms with Gasteiger partial charge in [0, 0.05) is 12.3 Å². The Morgan fingerprint density at radius 3 is 2.13 bits per heavy atom. The number of ether oxygens (including phenoxy) is 6. The Balaban J connectivity index is 1.56. The van der Waals surface area contributed by atoms with Crippen molar-refractivity contribution in [1.29, 1.82) is 0 Å². The number of aliphatic hydroxyl groups is 5. The summed E-state index contributed by atoms with van der Waals surface area (Å²) in [5.41, 5.74) is -0.535. The lowest BCUT2D eigenvalue weighted by Gasteiger charge is -2.39. The molecular weight excluding hydrogens is 516 g/mol. The molecule has 0 amide bonds. The molecule has 2 saturated heterocycles. The number of hydrogen-bond donors (Lipinski definition) is 5. The molecule has 214 valence electrons. The third-order valence-corrected chi connectivity index (χ3v) is 7.17. The molecule has 0 radical (unpaired) electrons. The third kappa shape index (κ3) is 5.76. The van der Waals surface area contributed by atoms with E-state index in [1.807, 2.05) is 6.07 Å². The molecule has 2 fully saturated rings. The highest BCUT2D eigenvalue weighted by atomic mass is 16.7. The lowest BCUT2D eigenvalue weighted by atomic mass is 9.81. The Hall–Kier alpha value is -3.13. The van der Waals surface area contributed by atoms with Crippen LogP contribution in [0.1, 0.15) is 11.1 Å². The van der Waals surface area contributed by atoms with Gasteiger partial charge in [0.05, 0.1) is 34.5 Å². The second kappa shape index (κ2) is 11.9. The zero-order valence-electron chi connectivity index (χ0n) is 21.9. The minimum atomic E-state index is -1.85. The van der Waals surface area contributed by atoms with Gasteiger partial charge >= 0.3 is 5.97 Å². The molecule has 2 aromatic rings. The molecule has 7 atom stereocenters. The molecule has 12 nitrogen and oxygen atoms in total. The van der Waals surface area contributed by atoms with Crippen LogP contribution in [0.3, 0.4) is 0 Å². The highest BCUT2D eigenvalue weighted by Gasteiger charge is 2.51. The molecule has 0 saturated carbocycles. The van der Waals surface area contributed by atoms with Crippen molar-refractivity contribution >= 4 is 5.97 Å². The maximum absolute atomic E-state index is 12.7. The van der Waals surface area contributed by atoms with Crippen LogP contribution in [0.25, 0.3) is 0 Å². The van der Waals surface area contributed by atoms with E-state index >= 15 is 0 Å². The van der Waals surface area contributed by atoms with Gasteiger partial charge in [-0.2, -0.15) is 0 Å². The van der Waals surface area contributed by atoms with Crippen LogP contribution in [0, 0.1) is 5.92 Å². The number of methoxy groups -OCH3 is 3. The summed E-state index contributed by atoms with van der Waals surface area (Å²) >= 11 is 0. The normalized spacial score (nSPS) is 30.5. The first-order chi connectivity index (χ1) is 18.6. The summed E-state index contributed by atoms with van der Waals surface area (Å²) in [7, 11) is 4.45. The van der Waals surface area contributed by atoms with Crippen molar-refractivity contribution in [1.82, 2.24) is 0 Å². The monoisotopic (exact) mass is 550 g/mol. The molecule has 2 aromatic carbocycles. The Morgan fingerprint density at radius 1 is 0.872 bits per heavy atom. The SMILES string of the molecule is COc1ccc(CC2COC(=O)C2(O)Cc2ccc(OC)c(OC3OC(CO)C(O)C(O)C3O)c2)cc1OC. The Bertz CT molecular complexity index is 1150. The number of cyclic esters (lactones) is 1. The number of rotatable bonds is 10. The summed E-state index contributed by atoms with van der Waals surface area (Å²) in [5.74, 6) is 0.0962. The molecule has 5 N–H and O–H groups in total. The molecular formula is C27H34O12. The summed E-state index contributed by atoms with van der Waals surface area (Å²) in [5, 5.41) is 51.4. The summed E-state index contributed by atoms with van der Waals surface area (Å²) in [6, 6.07) is 10.1. The number of esters is 1. The van der Waals surface area contributed by atoms with Crippen molar-refractivity contribution in [3.8, 4) is 23.0 Å². The van der Waals surface area contributed by atoms with Crippen molar-refractivity contribution in [3.63, 3.8) is 0 Å². The highest BCUT2D eigenvalue weighted by Crippen LogP contribution is 2.38. The fraction of sp³-hybridized carbons (Fsp3) is 0.519. The van der Waals surface area contributed by atoms with Gasteiger partial charge in [0.15, 0.2) is 28.6 Å². The van der Waals surface area contributed by atoms with E-state index in [-0.39, 0.29) is 24.5 Å². The standard InChI is InChI=1S/C27H34O12/c1-34-17-6-4-14(9-19(17)36-3)8-16-13-37-26(32)27(16,33)11-15-5-7-18(35-2)20(10-15)38-25-24(31)23(30)22(29)21(12-28)39-25/h4-7,9-10,16,21-25,28-31,33H,8,11-13H2,1-3H3. The molecule has 39 heavy (non-hydrogen) atoms. The maximum Gasteiger partial charge on any atom is 0.338 e. The minimum absolute atomic E-state index is 0.0219. The van der Waals surface area contributed by atoms with Gasteiger partial charge in [0.2, 0.25) is 6.29 Å². The average Bonchev–Trinajstić information content (AvgIpc) is 3.21. The van der Waals surface area contributed by atoms with Crippen molar-refractivity contribution in [2.45, 2.75) is 49.1 Å². The molecule has 2 aliphatic rings. The summed E-state index contributed by atoms with van der Waals surface area (Å²) in [6.45, 7) is -0.591. The Kier molecular flexibility index (Phi) is 8.84. The van der Waals surface area contributed by atoms with Crippen LogP contribution in [-0.2, 0) is 27.1 Å². The van der Waals surface area contributed by atoms with Gasteiger partial charge in [-0.15, -0.1) is 0 Å². The number of hydrogen-bond acceptors (Lipinski definition) is 12. The van der Waals surface area contributed by atoms with Gasteiger partial charge in [0.25, 0.3) is 0 Å². The van der Waals surface area contributed by atoms with Crippen LogP contribution in [0.5, 0.6) is 23.0 Å². The average molecular weight is 551 g/mol. The van der Waals surface area contributed by atoms with Crippen LogP contribution in [-0.4, -0.2) is 102 Å². The topological polar surface area (TPSA) is 174 Å². The van der Waals surface area contributed by atoms with Crippen molar-refractivity contribution < 1.29 is 58.7 Å². The molecule has 7 unspecified atom stereocenters. The van der Waals surface area contributed by atoms with Crippen LogP contribution < -0.4 is 18.9 Å². The van der Waals surface area contributed by atoms with E-state index in [9.17, 15) is 30.3 Å². The maximum atomic E-state index is 12.7. The number of carbonyl (C=O) groups excluding carboxylic acids is 1. The lowest BCUT2D eigenvalue weighted by Crippen LogP contribution is -2.60. The first kappa shape index (κ1) is 28.9. The van der Waals surface area contributed by atoms with E-state index in [2.05, 4.69) is 0 Å². The Morgan fingerprint density at radius 2 is 1.49 bits per heavy atom. The predicted molar refractivity (Wildman–Crippen MR) is 134 cm³/mol. The summed E-state index contributed by atoms with van der Waals surface area (Å²) < 4.78 is 32.4. The number of benzene rings is 2. The predicted octanol–water partition coefficient (Wildman–Crippen LogP) is -0.420. The smallest absolute Gasteiger partial charge is 0.338 e. The zero-order chi connectivity index (χ0) is 28.3. The fourth-order valence-electron chi connectivity index (χ4n) is 4.87. The van der Waals surface area contributed by atoms with Crippen molar-refractivity contribution in [3.05, 3.63) is 47.5 Å². The van der Waals surface area contributed by atoms with E-state index < -0.39 is 54.8 Å². The van der Waals surface area contributed by atoms with E-state index in [0.717, 1.165) is 5.56 Å². The summed E-state index contributed by atoms with van der Waals surface area (Å²) in [6.07, 6.45) is -7.18. The highest BCUT2D eigenvalue weighted by molar-refractivity contribution is 5.82. The first-order valence-corrected chi connectivity index (χ1v) is 12.4. The quantitative estimate of drug-likeness (QED) is 0.242. The van der Waals surface area contributed by atoms with Gasteiger partial charge in [-0.3, -0.25) is 0 Å². The molecule has 4 rings (SSSR count). The van der Waals surface area contributed by atoms with E-state index in [1.54, 1.807) is 24.3 Å². The van der Waals surface area contributed by atoms with E-state index in [1.165, 1.54) is 27.4 Å². The molecule has 2 heterocycles. The van der Waals surface area contributed by atoms with Crippen molar-refractivity contribution in [2.24, 2.45) is 5.92 Å². The van der Waals surface area contributed by atoms with Gasteiger partial charge in [0.1, 0.15) is 24.4 Å². The molecule has 0 aromatic heterocycles. The second-order valence-electron chi connectivity index (χ2n) is 9.59. The Labute approximate surface area is 225 Å². The first-order valence-electron chi connectivity index (χ1n) is 12.4. The van der Waals surface area contributed by atoms with Gasteiger partial charge in [-0.1, -0.05) is 12.1 Å². The van der Waals surface area contributed by atoms with Gasteiger partial charge in [-0.25, -0.2) is 4.79 Å². The number of carbonyl (C=O) groups is 1. The van der Waals surface area contributed by atoms with Crippen LogP contribution >= 0.6 is 0 Å². The minimum Gasteiger partial charge on any atom is -0.493 e. The number of aliphatic hydroxyl groups excluding tert-OH is 4. The molecule has 2 aliphatic heterocycles. The zero-order valence-corrected chi connectivity index (χ0v) is 21.9. The van der Waals surface area contributed by atoms with E-state index in [0.29, 0.717) is 23.5 Å². The molecule has 0 aliphatic carbocycles. The molecule has 12 heteroatoms. The largest absolute Gasteiger partial charge is 0.493 e. The third-order valence-electron chi connectivity index (χ3n) is 7.17. The van der Waals surface area contributed by atoms with Crippen LogP contribution in [0.2, 0.25) is 0 Å². The van der Waals surface area contributed by atoms with E-state index in [4.69, 9.17) is 28.4 Å². The van der Waals surface area contributed by atoms with Crippen molar-refractivity contribution in [2.75, 3.05) is 34.5 Å². The van der Waals surface area contributed by atoms with Crippen LogP contribution in [0.4, 0.5) is 0 Å². The fourth-order valence-corrected chi connectivity index (χ4v) is 4.87. The van der Waals surface area contributed by atoms with Crippen LogP contribution in [0.15, 0.2) is 36.4 Å². The van der Waals surface area contributed by atoms with Gasteiger partial charge in [-0.05, 0) is 41.8 Å². The second-order valence-corrected chi connectivity index (χ2v) is 9.59. The molecule has 0 spiro atoms.